The van der Waals surface area contributed by atoms with Crippen LogP contribution in [0.1, 0.15) is 23.6 Å². The van der Waals surface area contributed by atoms with Gasteiger partial charge in [0.15, 0.2) is 11.5 Å². The van der Waals surface area contributed by atoms with Crippen LogP contribution in [0, 0.1) is 6.92 Å². The third-order valence-corrected chi connectivity index (χ3v) is 4.65. The number of hydrogen-bond acceptors (Lipinski definition) is 3. The molecule has 0 fully saturated rings. The highest BCUT2D eigenvalue weighted by Gasteiger charge is 2.18. The molecule has 27 heavy (non-hydrogen) atoms. The highest BCUT2D eigenvalue weighted by Crippen LogP contribution is 2.33. The number of nitrogens with one attached hydrogen (secondary N) is 1. The summed E-state index contributed by atoms with van der Waals surface area (Å²) < 4.78 is 13.2. The first-order valence-corrected chi connectivity index (χ1v) is 9.07. The maximum Gasteiger partial charge on any atom is 0.226 e. The SMILES string of the molecule is Cc1ccc([C@H](CC(=O)Nc2ccc3c(c2)OCCO3)n2cccc2)cc1. The summed E-state index contributed by atoms with van der Waals surface area (Å²) in [5.41, 5.74) is 3.01. The minimum atomic E-state index is -0.0576. The molecule has 0 unspecified atom stereocenters. The standard InChI is InChI=1S/C22H22N2O3/c1-16-4-6-17(7-5-16)19(24-10-2-3-11-24)15-22(25)23-18-8-9-20-21(14-18)27-13-12-26-20/h2-11,14,19H,12-13,15H2,1H3,(H,23,25)/t19-/m0/s1. The zero-order chi connectivity index (χ0) is 18.6. The fourth-order valence-electron chi connectivity index (χ4n) is 3.25. The Morgan fingerprint density at radius 1 is 1.04 bits per heavy atom. The number of aromatic nitrogens is 1. The summed E-state index contributed by atoms with van der Waals surface area (Å²) in [4.78, 5) is 12.7. The summed E-state index contributed by atoms with van der Waals surface area (Å²) in [6.07, 6.45) is 4.32. The molecule has 1 atom stereocenters. The lowest BCUT2D eigenvalue weighted by Gasteiger charge is -2.21. The van der Waals surface area contributed by atoms with Gasteiger partial charge in [0, 0.05) is 24.1 Å². The number of ether oxygens (including phenoxy) is 2. The van der Waals surface area contributed by atoms with E-state index in [-0.39, 0.29) is 11.9 Å². The summed E-state index contributed by atoms with van der Waals surface area (Å²) in [7, 11) is 0. The molecule has 1 aromatic heterocycles. The predicted molar refractivity (Wildman–Crippen MR) is 104 cm³/mol. The Balaban J connectivity index is 1.51. The predicted octanol–water partition coefficient (Wildman–Crippen LogP) is 4.19. The quantitative estimate of drug-likeness (QED) is 0.741. The van der Waals surface area contributed by atoms with Gasteiger partial charge in [-0.2, -0.15) is 0 Å². The number of hydrogen-bond donors (Lipinski definition) is 1. The first-order valence-electron chi connectivity index (χ1n) is 9.07. The van der Waals surface area contributed by atoms with Crippen molar-refractivity contribution in [2.75, 3.05) is 18.5 Å². The molecule has 0 saturated carbocycles. The highest BCUT2D eigenvalue weighted by molar-refractivity contribution is 5.91. The molecule has 4 rings (SSSR count). The summed E-state index contributed by atoms with van der Waals surface area (Å²) in [5, 5.41) is 2.98. The first-order chi connectivity index (χ1) is 13.2. The van der Waals surface area contributed by atoms with Crippen molar-refractivity contribution in [3.8, 4) is 11.5 Å². The van der Waals surface area contributed by atoms with Crippen LogP contribution in [-0.2, 0) is 4.79 Å². The lowest BCUT2D eigenvalue weighted by Crippen LogP contribution is -2.20. The van der Waals surface area contributed by atoms with Gasteiger partial charge in [-0.1, -0.05) is 29.8 Å². The molecule has 1 aliphatic heterocycles. The van der Waals surface area contributed by atoms with Crippen LogP contribution in [0.4, 0.5) is 5.69 Å². The second-order valence-corrected chi connectivity index (χ2v) is 6.67. The normalized spacial score (nSPS) is 13.8. The third-order valence-electron chi connectivity index (χ3n) is 4.65. The van der Waals surface area contributed by atoms with Gasteiger partial charge < -0.3 is 19.4 Å². The Bertz CT molecular complexity index is 917. The summed E-state index contributed by atoms with van der Waals surface area (Å²) in [6, 6.07) is 17.7. The molecule has 0 bridgehead atoms. The van der Waals surface area contributed by atoms with Crippen LogP contribution in [0.2, 0.25) is 0 Å². The Labute approximate surface area is 158 Å². The maximum atomic E-state index is 12.7. The van der Waals surface area contributed by atoms with E-state index in [0.29, 0.717) is 36.8 Å². The number of nitrogens with zero attached hydrogens (tertiary/aromatic N) is 1. The largest absolute Gasteiger partial charge is 0.486 e. The van der Waals surface area contributed by atoms with E-state index < -0.39 is 0 Å². The number of fused-ring (bicyclic) bond motifs is 1. The van der Waals surface area contributed by atoms with E-state index in [4.69, 9.17) is 9.47 Å². The van der Waals surface area contributed by atoms with Crippen molar-refractivity contribution in [3.63, 3.8) is 0 Å². The Hall–Kier alpha value is -3.21. The molecule has 2 heterocycles. The molecule has 0 saturated heterocycles. The number of benzene rings is 2. The highest BCUT2D eigenvalue weighted by atomic mass is 16.6. The lowest BCUT2D eigenvalue weighted by atomic mass is 10.0. The fraction of sp³-hybridized carbons (Fsp3) is 0.227. The van der Waals surface area contributed by atoms with Gasteiger partial charge in [0.1, 0.15) is 13.2 Å². The van der Waals surface area contributed by atoms with E-state index in [1.807, 2.05) is 42.7 Å². The van der Waals surface area contributed by atoms with E-state index in [1.165, 1.54) is 5.56 Å². The second-order valence-electron chi connectivity index (χ2n) is 6.67. The topological polar surface area (TPSA) is 52.5 Å². The molecule has 3 aromatic rings. The number of rotatable bonds is 5. The summed E-state index contributed by atoms with van der Waals surface area (Å²) in [5.74, 6) is 1.33. The van der Waals surface area contributed by atoms with Crippen LogP contribution in [0.15, 0.2) is 67.0 Å². The molecule has 1 N–H and O–H groups in total. The van der Waals surface area contributed by atoms with Gasteiger partial charge in [0.25, 0.3) is 0 Å². The molecular formula is C22H22N2O3. The minimum absolute atomic E-state index is 0.0500. The number of carbonyl (C=O) groups excluding carboxylic acids is 1. The number of amides is 1. The van der Waals surface area contributed by atoms with Crippen LogP contribution in [-0.4, -0.2) is 23.7 Å². The van der Waals surface area contributed by atoms with E-state index in [1.54, 1.807) is 0 Å². The van der Waals surface area contributed by atoms with Gasteiger partial charge in [0.2, 0.25) is 5.91 Å². The van der Waals surface area contributed by atoms with Gasteiger partial charge in [-0.3, -0.25) is 4.79 Å². The van der Waals surface area contributed by atoms with E-state index in [9.17, 15) is 4.79 Å². The Kier molecular flexibility index (Phi) is 4.83. The molecule has 138 valence electrons. The van der Waals surface area contributed by atoms with Crippen LogP contribution in [0.5, 0.6) is 11.5 Å². The fourth-order valence-corrected chi connectivity index (χ4v) is 3.25. The maximum absolute atomic E-state index is 12.7. The molecular weight excluding hydrogens is 340 g/mol. The van der Waals surface area contributed by atoms with Crippen molar-refractivity contribution in [1.82, 2.24) is 4.57 Å². The van der Waals surface area contributed by atoms with Crippen LogP contribution in [0.25, 0.3) is 0 Å². The zero-order valence-electron chi connectivity index (χ0n) is 15.2. The van der Waals surface area contributed by atoms with Gasteiger partial charge in [-0.05, 0) is 36.8 Å². The monoisotopic (exact) mass is 362 g/mol. The van der Waals surface area contributed by atoms with E-state index in [2.05, 4.69) is 41.1 Å². The molecule has 5 heteroatoms. The molecule has 1 amide bonds. The van der Waals surface area contributed by atoms with E-state index >= 15 is 0 Å². The average molecular weight is 362 g/mol. The average Bonchev–Trinajstić information content (AvgIpc) is 3.21. The van der Waals surface area contributed by atoms with E-state index in [0.717, 1.165) is 5.56 Å². The van der Waals surface area contributed by atoms with Crippen molar-refractivity contribution < 1.29 is 14.3 Å². The van der Waals surface area contributed by atoms with Gasteiger partial charge in [-0.25, -0.2) is 0 Å². The molecule has 5 nitrogen and oxygen atoms in total. The smallest absolute Gasteiger partial charge is 0.226 e. The second kappa shape index (κ2) is 7.58. The molecule has 0 spiro atoms. The van der Waals surface area contributed by atoms with Crippen LogP contribution >= 0.6 is 0 Å². The first kappa shape index (κ1) is 17.2. The van der Waals surface area contributed by atoms with Crippen molar-refractivity contribution in [1.29, 1.82) is 0 Å². The van der Waals surface area contributed by atoms with Crippen LogP contribution < -0.4 is 14.8 Å². The van der Waals surface area contributed by atoms with Crippen LogP contribution in [0.3, 0.4) is 0 Å². The van der Waals surface area contributed by atoms with Crippen molar-refractivity contribution in [3.05, 3.63) is 78.1 Å². The van der Waals surface area contributed by atoms with Crippen molar-refractivity contribution >= 4 is 11.6 Å². The van der Waals surface area contributed by atoms with Crippen molar-refractivity contribution in [2.45, 2.75) is 19.4 Å². The molecule has 0 aliphatic carbocycles. The van der Waals surface area contributed by atoms with Gasteiger partial charge in [-0.15, -0.1) is 0 Å². The number of anilines is 1. The third kappa shape index (κ3) is 3.97. The van der Waals surface area contributed by atoms with Crippen molar-refractivity contribution in [2.24, 2.45) is 0 Å². The Morgan fingerprint density at radius 2 is 1.74 bits per heavy atom. The van der Waals surface area contributed by atoms with Gasteiger partial charge in [0.05, 0.1) is 12.5 Å². The Morgan fingerprint density at radius 3 is 2.48 bits per heavy atom. The molecule has 0 radical (unpaired) electrons. The molecule has 1 aliphatic rings. The summed E-state index contributed by atoms with van der Waals surface area (Å²) >= 11 is 0. The minimum Gasteiger partial charge on any atom is -0.486 e. The summed E-state index contributed by atoms with van der Waals surface area (Å²) in [6.45, 7) is 3.13. The number of carbonyl (C=O) groups is 1. The lowest BCUT2D eigenvalue weighted by molar-refractivity contribution is -0.116. The van der Waals surface area contributed by atoms with Gasteiger partial charge >= 0.3 is 0 Å². The molecule has 2 aromatic carbocycles. The zero-order valence-corrected chi connectivity index (χ0v) is 15.2. The number of aryl methyl sites for hydroxylation is 1.